The minimum Gasteiger partial charge on any atom is -0.493 e. The molecule has 3 amide bonds. The number of hydrogen-bond donors (Lipinski definition) is 3. The summed E-state index contributed by atoms with van der Waals surface area (Å²) in [4.78, 5) is 27.3. The summed E-state index contributed by atoms with van der Waals surface area (Å²) in [5.74, 6) is 1.20. The highest BCUT2D eigenvalue weighted by Gasteiger charge is 2.30. The van der Waals surface area contributed by atoms with Crippen LogP contribution in [0.15, 0.2) is 24.3 Å². The van der Waals surface area contributed by atoms with Crippen molar-refractivity contribution in [3.8, 4) is 5.75 Å². The fourth-order valence-corrected chi connectivity index (χ4v) is 4.43. The van der Waals surface area contributed by atoms with E-state index >= 15 is 0 Å². The average Bonchev–Trinajstić information content (AvgIpc) is 3.62. The third kappa shape index (κ3) is 6.35. The van der Waals surface area contributed by atoms with Gasteiger partial charge in [0.2, 0.25) is 0 Å². The van der Waals surface area contributed by atoms with Crippen LogP contribution in [0.25, 0.3) is 0 Å². The molecular formula is C24H35N3O4. The number of aliphatic hydroxyl groups is 1. The third-order valence-electron chi connectivity index (χ3n) is 6.65. The van der Waals surface area contributed by atoms with Crippen molar-refractivity contribution in [3.05, 3.63) is 29.8 Å². The van der Waals surface area contributed by atoms with Crippen molar-refractivity contribution in [2.24, 2.45) is 5.92 Å². The van der Waals surface area contributed by atoms with Crippen LogP contribution in [0.3, 0.4) is 0 Å². The normalized spacial score (nSPS) is 24.9. The van der Waals surface area contributed by atoms with Crippen molar-refractivity contribution in [1.82, 2.24) is 15.5 Å². The van der Waals surface area contributed by atoms with Gasteiger partial charge in [-0.1, -0.05) is 19.3 Å². The van der Waals surface area contributed by atoms with E-state index in [9.17, 15) is 14.7 Å². The molecule has 2 saturated carbocycles. The van der Waals surface area contributed by atoms with E-state index in [1.807, 2.05) is 12.1 Å². The summed E-state index contributed by atoms with van der Waals surface area (Å²) in [6.45, 7) is 1.64. The SMILES string of the molecule is O=C(N[C@@H]1CN(C(=O)NC2CCCCC2)CCC[C@H]1O)c1ccc(OCC2CC2)cc1. The lowest BCUT2D eigenvalue weighted by Gasteiger charge is -2.30. The first kappa shape index (κ1) is 21.9. The number of nitrogens with zero attached hydrogens (tertiary/aromatic N) is 1. The Morgan fingerprint density at radius 1 is 0.968 bits per heavy atom. The van der Waals surface area contributed by atoms with E-state index in [1.54, 1.807) is 17.0 Å². The minimum absolute atomic E-state index is 0.0857. The number of amides is 3. The van der Waals surface area contributed by atoms with Gasteiger partial charge in [0.05, 0.1) is 18.8 Å². The third-order valence-corrected chi connectivity index (χ3v) is 6.65. The monoisotopic (exact) mass is 429 g/mol. The Morgan fingerprint density at radius 3 is 2.42 bits per heavy atom. The molecule has 1 heterocycles. The van der Waals surface area contributed by atoms with Crippen molar-refractivity contribution >= 4 is 11.9 Å². The summed E-state index contributed by atoms with van der Waals surface area (Å²) in [6, 6.07) is 6.77. The van der Waals surface area contributed by atoms with E-state index in [0.717, 1.165) is 44.5 Å². The van der Waals surface area contributed by atoms with Gasteiger partial charge in [-0.3, -0.25) is 4.79 Å². The quantitative estimate of drug-likeness (QED) is 0.648. The van der Waals surface area contributed by atoms with Crippen LogP contribution in [0.5, 0.6) is 5.75 Å². The molecule has 31 heavy (non-hydrogen) atoms. The molecule has 7 nitrogen and oxygen atoms in total. The molecule has 4 rings (SSSR count). The van der Waals surface area contributed by atoms with E-state index in [4.69, 9.17) is 4.74 Å². The van der Waals surface area contributed by atoms with Gasteiger partial charge in [0.25, 0.3) is 5.91 Å². The van der Waals surface area contributed by atoms with E-state index in [0.29, 0.717) is 31.0 Å². The molecule has 1 aromatic rings. The molecule has 7 heteroatoms. The number of carbonyl (C=O) groups excluding carboxylic acids is 2. The zero-order valence-electron chi connectivity index (χ0n) is 18.2. The second-order valence-corrected chi connectivity index (χ2v) is 9.30. The number of benzene rings is 1. The van der Waals surface area contributed by atoms with Crippen molar-refractivity contribution in [3.63, 3.8) is 0 Å². The predicted octanol–water partition coefficient (Wildman–Crippen LogP) is 3.07. The number of carbonyl (C=O) groups is 2. The summed E-state index contributed by atoms with van der Waals surface area (Å²) in [5, 5.41) is 16.6. The van der Waals surface area contributed by atoms with Crippen LogP contribution in [-0.2, 0) is 0 Å². The van der Waals surface area contributed by atoms with Crippen LogP contribution in [-0.4, -0.2) is 59.8 Å². The van der Waals surface area contributed by atoms with Gasteiger partial charge in [-0.05, 0) is 68.7 Å². The Kier molecular flexibility index (Phi) is 7.33. The molecule has 2 aliphatic carbocycles. The molecule has 0 radical (unpaired) electrons. The minimum atomic E-state index is -0.669. The van der Waals surface area contributed by atoms with Crippen LogP contribution >= 0.6 is 0 Å². The summed E-state index contributed by atoms with van der Waals surface area (Å²) in [6.07, 6.45) is 8.71. The highest BCUT2D eigenvalue weighted by molar-refractivity contribution is 5.94. The molecular weight excluding hydrogens is 394 g/mol. The van der Waals surface area contributed by atoms with Crippen molar-refractivity contribution in [2.75, 3.05) is 19.7 Å². The Bertz CT molecular complexity index is 744. The van der Waals surface area contributed by atoms with Gasteiger partial charge in [0, 0.05) is 24.7 Å². The molecule has 0 bridgehead atoms. The maximum Gasteiger partial charge on any atom is 0.317 e. The molecule has 170 valence electrons. The summed E-state index contributed by atoms with van der Waals surface area (Å²) < 4.78 is 5.73. The Balaban J connectivity index is 1.31. The first-order valence-corrected chi connectivity index (χ1v) is 11.9. The first-order valence-electron chi connectivity index (χ1n) is 11.9. The number of aliphatic hydroxyl groups excluding tert-OH is 1. The maximum absolute atomic E-state index is 12.8. The van der Waals surface area contributed by atoms with E-state index < -0.39 is 12.1 Å². The lowest BCUT2D eigenvalue weighted by atomic mass is 9.96. The van der Waals surface area contributed by atoms with Crippen LogP contribution in [0, 0.1) is 5.92 Å². The van der Waals surface area contributed by atoms with E-state index in [1.165, 1.54) is 19.3 Å². The number of urea groups is 1. The Hall–Kier alpha value is -2.28. The zero-order chi connectivity index (χ0) is 21.6. The lowest BCUT2D eigenvalue weighted by molar-refractivity contribution is 0.0808. The number of hydrogen-bond acceptors (Lipinski definition) is 4. The van der Waals surface area contributed by atoms with Crippen LogP contribution < -0.4 is 15.4 Å². The van der Waals surface area contributed by atoms with E-state index in [-0.39, 0.29) is 18.0 Å². The fourth-order valence-electron chi connectivity index (χ4n) is 4.43. The highest BCUT2D eigenvalue weighted by Crippen LogP contribution is 2.29. The summed E-state index contributed by atoms with van der Waals surface area (Å²) in [7, 11) is 0. The molecule has 0 aromatic heterocycles. The van der Waals surface area contributed by atoms with Gasteiger partial charge in [-0.2, -0.15) is 0 Å². The number of nitrogens with one attached hydrogen (secondary N) is 2. The van der Waals surface area contributed by atoms with Gasteiger partial charge in [0.15, 0.2) is 0 Å². The first-order chi connectivity index (χ1) is 15.1. The standard InChI is InChI=1S/C24H35N3O4/c28-22-7-4-14-27(24(30)25-19-5-2-1-3-6-19)15-21(22)26-23(29)18-10-12-20(13-11-18)31-16-17-8-9-17/h10-13,17,19,21-22,28H,1-9,14-16H2,(H,25,30)(H,26,29)/t21-,22-/m1/s1. The van der Waals surface area contributed by atoms with E-state index in [2.05, 4.69) is 10.6 Å². The molecule has 1 aliphatic heterocycles. The average molecular weight is 430 g/mol. The molecule has 1 aromatic carbocycles. The second-order valence-electron chi connectivity index (χ2n) is 9.30. The van der Waals surface area contributed by atoms with Crippen molar-refractivity contribution < 1.29 is 19.4 Å². The van der Waals surface area contributed by atoms with Gasteiger partial charge in [-0.25, -0.2) is 4.79 Å². The van der Waals surface area contributed by atoms with Crippen molar-refractivity contribution in [2.45, 2.75) is 76.0 Å². The number of likely N-dealkylation sites (tertiary alicyclic amines) is 1. The molecule has 0 unspecified atom stereocenters. The summed E-state index contributed by atoms with van der Waals surface area (Å²) in [5.41, 5.74) is 0.522. The topological polar surface area (TPSA) is 90.9 Å². The molecule has 2 atom stereocenters. The highest BCUT2D eigenvalue weighted by atomic mass is 16.5. The van der Waals surface area contributed by atoms with Gasteiger partial charge >= 0.3 is 6.03 Å². The number of rotatable bonds is 6. The van der Waals surface area contributed by atoms with Crippen LogP contribution in [0.1, 0.15) is 68.1 Å². The van der Waals surface area contributed by atoms with Gasteiger partial charge in [-0.15, -0.1) is 0 Å². The van der Waals surface area contributed by atoms with Crippen molar-refractivity contribution in [1.29, 1.82) is 0 Å². The van der Waals surface area contributed by atoms with Gasteiger partial charge < -0.3 is 25.4 Å². The zero-order valence-corrected chi connectivity index (χ0v) is 18.2. The Labute approximate surface area is 184 Å². The molecule has 3 N–H and O–H groups in total. The molecule has 1 saturated heterocycles. The molecule has 0 spiro atoms. The predicted molar refractivity (Wildman–Crippen MR) is 118 cm³/mol. The molecule has 3 aliphatic rings. The smallest absolute Gasteiger partial charge is 0.317 e. The number of ether oxygens (including phenoxy) is 1. The summed E-state index contributed by atoms with van der Waals surface area (Å²) >= 11 is 0. The van der Waals surface area contributed by atoms with Crippen LogP contribution in [0.4, 0.5) is 4.79 Å². The van der Waals surface area contributed by atoms with Gasteiger partial charge in [0.1, 0.15) is 5.75 Å². The Morgan fingerprint density at radius 2 is 1.71 bits per heavy atom. The lowest BCUT2D eigenvalue weighted by Crippen LogP contribution is -2.53. The van der Waals surface area contributed by atoms with Crippen LogP contribution in [0.2, 0.25) is 0 Å². The molecule has 3 fully saturated rings. The fraction of sp³-hybridized carbons (Fsp3) is 0.667. The largest absolute Gasteiger partial charge is 0.493 e. The second kappa shape index (κ2) is 10.4. The maximum atomic E-state index is 12.8.